The van der Waals surface area contributed by atoms with Gasteiger partial charge in [0.05, 0.1) is 5.92 Å². The van der Waals surface area contributed by atoms with Crippen LogP contribution in [0.15, 0.2) is 47.2 Å². The van der Waals surface area contributed by atoms with Crippen molar-refractivity contribution in [1.82, 2.24) is 15.1 Å². The third-order valence-corrected chi connectivity index (χ3v) is 4.25. The van der Waals surface area contributed by atoms with Gasteiger partial charge in [-0.3, -0.25) is 4.98 Å². The van der Waals surface area contributed by atoms with Crippen LogP contribution < -0.4 is 4.74 Å². The first kappa shape index (κ1) is 14.9. The maximum atomic E-state index is 6.08. The van der Waals surface area contributed by atoms with E-state index in [1.165, 1.54) is 0 Å². The van der Waals surface area contributed by atoms with E-state index in [0.29, 0.717) is 11.7 Å². The van der Waals surface area contributed by atoms with Crippen LogP contribution in [0.2, 0.25) is 0 Å². The molecule has 3 aromatic rings. The molecule has 1 aromatic carbocycles. The van der Waals surface area contributed by atoms with Gasteiger partial charge in [-0.15, -0.1) is 0 Å². The zero-order chi connectivity index (χ0) is 16.7. The lowest BCUT2D eigenvalue weighted by Gasteiger charge is -2.36. The molecular formula is C19H19N3O2. The van der Waals surface area contributed by atoms with Gasteiger partial charge in [-0.1, -0.05) is 23.4 Å². The number of rotatable bonds is 2. The van der Waals surface area contributed by atoms with Crippen molar-refractivity contribution >= 4 is 0 Å². The molecule has 24 heavy (non-hydrogen) atoms. The second-order valence-electron chi connectivity index (χ2n) is 6.86. The molecule has 2 aromatic heterocycles. The highest BCUT2D eigenvalue weighted by Crippen LogP contribution is 2.43. The third-order valence-electron chi connectivity index (χ3n) is 4.25. The predicted molar refractivity (Wildman–Crippen MR) is 89.9 cm³/mol. The van der Waals surface area contributed by atoms with Crippen molar-refractivity contribution in [3.8, 4) is 17.1 Å². The maximum Gasteiger partial charge on any atom is 0.234 e. The minimum absolute atomic E-state index is 0.0315. The number of aromatic nitrogens is 3. The molecular weight excluding hydrogens is 302 g/mol. The predicted octanol–water partition coefficient (Wildman–Crippen LogP) is 4.13. The summed E-state index contributed by atoms with van der Waals surface area (Å²) in [7, 11) is 0. The SMILES string of the molecule is Cc1cncc(-c2noc(C3CC(C)(C)Oc4ccccc43)n2)c1. The van der Waals surface area contributed by atoms with Crippen molar-refractivity contribution in [2.45, 2.75) is 38.7 Å². The van der Waals surface area contributed by atoms with E-state index >= 15 is 0 Å². The van der Waals surface area contributed by atoms with Crippen LogP contribution in [0.3, 0.4) is 0 Å². The zero-order valence-corrected chi connectivity index (χ0v) is 14.0. The van der Waals surface area contributed by atoms with Gasteiger partial charge in [-0.05, 0) is 38.5 Å². The van der Waals surface area contributed by atoms with Crippen molar-refractivity contribution in [3.05, 3.63) is 59.7 Å². The number of benzene rings is 1. The zero-order valence-electron chi connectivity index (χ0n) is 14.0. The minimum Gasteiger partial charge on any atom is -0.488 e. The van der Waals surface area contributed by atoms with Gasteiger partial charge in [0.15, 0.2) is 0 Å². The molecule has 1 aliphatic heterocycles. The number of para-hydroxylation sites is 1. The van der Waals surface area contributed by atoms with Crippen molar-refractivity contribution in [1.29, 1.82) is 0 Å². The smallest absolute Gasteiger partial charge is 0.234 e. The van der Waals surface area contributed by atoms with Crippen molar-refractivity contribution < 1.29 is 9.26 Å². The van der Waals surface area contributed by atoms with Gasteiger partial charge >= 0.3 is 0 Å². The van der Waals surface area contributed by atoms with E-state index in [1.807, 2.05) is 37.4 Å². The summed E-state index contributed by atoms with van der Waals surface area (Å²) in [5, 5.41) is 4.16. The van der Waals surface area contributed by atoms with Gasteiger partial charge in [-0.25, -0.2) is 0 Å². The van der Waals surface area contributed by atoms with E-state index in [0.717, 1.165) is 28.9 Å². The summed E-state index contributed by atoms with van der Waals surface area (Å²) in [4.78, 5) is 8.84. The summed E-state index contributed by atoms with van der Waals surface area (Å²) in [6, 6.07) is 10.0. The monoisotopic (exact) mass is 321 g/mol. The topological polar surface area (TPSA) is 61.0 Å². The normalized spacial score (nSPS) is 18.7. The van der Waals surface area contributed by atoms with E-state index in [-0.39, 0.29) is 11.5 Å². The molecule has 1 aliphatic rings. The van der Waals surface area contributed by atoms with Crippen LogP contribution in [0.25, 0.3) is 11.4 Å². The third kappa shape index (κ3) is 2.66. The molecule has 1 unspecified atom stereocenters. The number of aryl methyl sites for hydroxylation is 1. The Labute approximate surface area is 140 Å². The van der Waals surface area contributed by atoms with Crippen LogP contribution in [0.5, 0.6) is 5.75 Å². The molecule has 0 aliphatic carbocycles. The maximum absolute atomic E-state index is 6.08. The highest BCUT2D eigenvalue weighted by atomic mass is 16.5. The van der Waals surface area contributed by atoms with E-state index < -0.39 is 0 Å². The molecule has 0 saturated carbocycles. The molecule has 0 radical (unpaired) electrons. The quantitative estimate of drug-likeness (QED) is 0.710. The van der Waals surface area contributed by atoms with Crippen LogP contribution in [0, 0.1) is 6.92 Å². The average Bonchev–Trinajstić information content (AvgIpc) is 3.03. The summed E-state index contributed by atoms with van der Waals surface area (Å²) < 4.78 is 11.7. The number of fused-ring (bicyclic) bond motifs is 1. The Hall–Kier alpha value is -2.69. The Bertz CT molecular complexity index is 886. The second-order valence-corrected chi connectivity index (χ2v) is 6.86. The molecule has 3 heterocycles. The molecule has 0 amide bonds. The van der Waals surface area contributed by atoms with Crippen LogP contribution in [0.4, 0.5) is 0 Å². The molecule has 5 nitrogen and oxygen atoms in total. The summed E-state index contributed by atoms with van der Waals surface area (Å²) in [5.74, 6) is 2.11. The van der Waals surface area contributed by atoms with Crippen LogP contribution >= 0.6 is 0 Å². The number of nitrogens with zero attached hydrogens (tertiary/aromatic N) is 3. The number of hydrogen-bond donors (Lipinski definition) is 0. The Balaban J connectivity index is 1.74. The highest BCUT2D eigenvalue weighted by molar-refractivity contribution is 5.54. The average molecular weight is 321 g/mol. The lowest BCUT2D eigenvalue weighted by Crippen LogP contribution is -2.35. The highest BCUT2D eigenvalue weighted by Gasteiger charge is 2.37. The van der Waals surface area contributed by atoms with Gasteiger partial charge < -0.3 is 9.26 Å². The van der Waals surface area contributed by atoms with E-state index in [4.69, 9.17) is 9.26 Å². The Morgan fingerprint density at radius 3 is 2.83 bits per heavy atom. The summed E-state index contributed by atoms with van der Waals surface area (Å²) in [6.45, 7) is 6.16. The molecule has 0 saturated heterocycles. The van der Waals surface area contributed by atoms with Crippen LogP contribution in [0.1, 0.15) is 43.2 Å². The van der Waals surface area contributed by atoms with Crippen LogP contribution in [-0.2, 0) is 0 Å². The van der Waals surface area contributed by atoms with Crippen molar-refractivity contribution in [2.75, 3.05) is 0 Å². The Morgan fingerprint density at radius 1 is 1.17 bits per heavy atom. The fraction of sp³-hybridized carbons (Fsp3) is 0.316. The van der Waals surface area contributed by atoms with Gasteiger partial charge in [0.2, 0.25) is 11.7 Å². The van der Waals surface area contributed by atoms with E-state index in [2.05, 4.69) is 35.0 Å². The lowest BCUT2D eigenvalue weighted by atomic mass is 9.84. The first-order chi connectivity index (χ1) is 11.5. The van der Waals surface area contributed by atoms with Crippen molar-refractivity contribution in [2.24, 2.45) is 0 Å². The molecule has 1 atom stereocenters. The molecule has 4 rings (SSSR count). The molecule has 0 N–H and O–H groups in total. The second kappa shape index (κ2) is 5.44. The largest absolute Gasteiger partial charge is 0.488 e. The van der Waals surface area contributed by atoms with Gasteiger partial charge in [0.1, 0.15) is 11.4 Å². The van der Waals surface area contributed by atoms with E-state index in [9.17, 15) is 0 Å². The lowest BCUT2D eigenvalue weighted by molar-refractivity contribution is 0.0725. The Kier molecular flexibility index (Phi) is 3.37. The fourth-order valence-corrected chi connectivity index (χ4v) is 3.19. The van der Waals surface area contributed by atoms with Crippen molar-refractivity contribution in [3.63, 3.8) is 0 Å². The first-order valence-corrected chi connectivity index (χ1v) is 8.05. The number of ether oxygens (including phenoxy) is 1. The van der Waals surface area contributed by atoms with Gasteiger partial charge in [-0.2, -0.15) is 4.98 Å². The van der Waals surface area contributed by atoms with Gasteiger partial charge in [0.25, 0.3) is 0 Å². The summed E-state index contributed by atoms with van der Waals surface area (Å²) >= 11 is 0. The molecule has 0 spiro atoms. The molecule has 0 fully saturated rings. The standard InChI is InChI=1S/C19H19N3O2/c1-12-8-13(11-20-10-12)17-21-18(24-22-17)15-9-19(2,3)23-16-7-5-4-6-14(15)16/h4-8,10-11,15H,9H2,1-3H3. The van der Waals surface area contributed by atoms with Crippen LogP contribution in [-0.4, -0.2) is 20.7 Å². The summed E-state index contributed by atoms with van der Waals surface area (Å²) in [6.07, 6.45) is 4.35. The Morgan fingerprint density at radius 2 is 2.00 bits per heavy atom. The molecule has 0 bridgehead atoms. The minimum atomic E-state index is -0.279. The number of hydrogen-bond acceptors (Lipinski definition) is 5. The summed E-state index contributed by atoms with van der Waals surface area (Å²) in [5.41, 5.74) is 2.74. The first-order valence-electron chi connectivity index (χ1n) is 8.05. The fourth-order valence-electron chi connectivity index (χ4n) is 3.19. The number of pyridine rings is 1. The van der Waals surface area contributed by atoms with Gasteiger partial charge in [0, 0.05) is 29.9 Å². The van der Waals surface area contributed by atoms with E-state index in [1.54, 1.807) is 6.20 Å². The molecule has 5 heteroatoms. The molecule has 122 valence electrons.